The van der Waals surface area contributed by atoms with Crippen molar-refractivity contribution in [2.24, 2.45) is 0 Å². The van der Waals surface area contributed by atoms with Crippen LogP contribution in [0.4, 0.5) is 0 Å². The molecule has 0 aromatic heterocycles. The Balaban J connectivity index is 1.52. The first kappa shape index (κ1) is 23.2. The fraction of sp³-hybridized carbons (Fsp3) is 0.375. The fourth-order valence-electron chi connectivity index (χ4n) is 3.80. The molecular weight excluding hydrogens is 410 g/mol. The van der Waals surface area contributed by atoms with Crippen LogP contribution in [0.5, 0.6) is 0 Å². The Kier molecular flexibility index (Phi) is 8.40. The van der Waals surface area contributed by atoms with Crippen molar-refractivity contribution in [1.82, 2.24) is 14.9 Å². The van der Waals surface area contributed by atoms with E-state index in [1.165, 1.54) is 24.5 Å². The third-order valence-corrected chi connectivity index (χ3v) is 7.00. The zero-order valence-corrected chi connectivity index (χ0v) is 18.8. The molecule has 1 atom stereocenters. The van der Waals surface area contributed by atoms with E-state index < -0.39 is 10.0 Å². The number of benzene rings is 2. The van der Waals surface area contributed by atoms with Gasteiger partial charge in [-0.2, -0.15) is 0 Å². The average Bonchev–Trinajstić information content (AvgIpc) is 2.78. The molecular formula is C24H31N3O3S. The molecule has 166 valence electrons. The number of likely N-dealkylation sites (tertiary alicyclic amines) is 1. The molecule has 0 aliphatic carbocycles. The minimum absolute atomic E-state index is 0.144. The van der Waals surface area contributed by atoms with E-state index >= 15 is 0 Å². The molecule has 1 aliphatic rings. The van der Waals surface area contributed by atoms with E-state index in [1.54, 1.807) is 37.3 Å². The van der Waals surface area contributed by atoms with E-state index in [9.17, 15) is 13.2 Å². The van der Waals surface area contributed by atoms with Crippen LogP contribution in [0, 0.1) is 0 Å². The summed E-state index contributed by atoms with van der Waals surface area (Å²) in [5, 5.41) is 3.02. The van der Waals surface area contributed by atoms with Gasteiger partial charge in [0.2, 0.25) is 15.9 Å². The van der Waals surface area contributed by atoms with Crippen molar-refractivity contribution in [1.29, 1.82) is 0 Å². The highest BCUT2D eigenvalue weighted by atomic mass is 32.2. The zero-order chi connectivity index (χ0) is 22.1. The largest absolute Gasteiger partial charge is 0.351 e. The van der Waals surface area contributed by atoms with Gasteiger partial charge in [-0.15, -0.1) is 0 Å². The zero-order valence-electron chi connectivity index (χ0n) is 18.0. The number of rotatable bonds is 9. The molecule has 0 spiro atoms. The second-order valence-electron chi connectivity index (χ2n) is 7.75. The van der Waals surface area contributed by atoms with Gasteiger partial charge in [0.1, 0.15) is 0 Å². The lowest BCUT2D eigenvalue weighted by atomic mass is 10.0. The molecule has 2 aromatic rings. The van der Waals surface area contributed by atoms with Crippen molar-refractivity contribution in [3.8, 4) is 0 Å². The van der Waals surface area contributed by atoms with Crippen LogP contribution in [0.25, 0.3) is 6.08 Å². The van der Waals surface area contributed by atoms with Crippen molar-refractivity contribution in [3.05, 3.63) is 71.8 Å². The first-order valence-corrected chi connectivity index (χ1v) is 12.3. The Labute approximate surface area is 185 Å². The van der Waals surface area contributed by atoms with Gasteiger partial charge in [0, 0.05) is 31.8 Å². The summed E-state index contributed by atoms with van der Waals surface area (Å²) in [5.74, 6) is -0.144. The molecule has 1 heterocycles. The van der Waals surface area contributed by atoms with Crippen LogP contribution in [0.15, 0.2) is 65.6 Å². The van der Waals surface area contributed by atoms with E-state index in [4.69, 9.17) is 0 Å². The quantitative estimate of drug-likeness (QED) is 0.586. The van der Waals surface area contributed by atoms with E-state index in [0.717, 1.165) is 25.1 Å². The van der Waals surface area contributed by atoms with Gasteiger partial charge in [-0.25, -0.2) is 13.1 Å². The summed E-state index contributed by atoms with van der Waals surface area (Å²) in [5.41, 5.74) is 2.06. The average molecular weight is 442 g/mol. The van der Waals surface area contributed by atoms with Gasteiger partial charge in [-0.1, -0.05) is 55.8 Å². The van der Waals surface area contributed by atoms with E-state index in [2.05, 4.69) is 39.2 Å². The van der Waals surface area contributed by atoms with Crippen LogP contribution in [0.1, 0.15) is 37.3 Å². The van der Waals surface area contributed by atoms with Gasteiger partial charge in [0.05, 0.1) is 4.90 Å². The van der Waals surface area contributed by atoms with Crippen LogP contribution in [-0.4, -0.2) is 44.9 Å². The van der Waals surface area contributed by atoms with Gasteiger partial charge in [-0.3, -0.25) is 9.69 Å². The van der Waals surface area contributed by atoms with Crippen LogP contribution < -0.4 is 10.0 Å². The van der Waals surface area contributed by atoms with Gasteiger partial charge < -0.3 is 5.32 Å². The molecule has 0 saturated carbocycles. The van der Waals surface area contributed by atoms with Crippen LogP contribution in [0.3, 0.4) is 0 Å². The molecule has 31 heavy (non-hydrogen) atoms. The molecule has 0 radical (unpaired) electrons. The van der Waals surface area contributed by atoms with Gasteiger partial charge in [-0.05, 0) is 48.7 Å². The van der Waals surface area contributed by atoms with E-state index in [-0.39, 0.29) is 10.8 Å². The lowest BCUT2D eigenvalue weighted by Crippen LogP contribution is -2.45. The molecule has 0 bridgehead atoms. The molecule has 2 aromatic carbocycles. The van der Waals surface area contributed by atoms with Crippen molar-refractivity contribution >= 4 is 22.0 Å². The number of hydrogen-bond acceptors (Lipinski definition) is 4. The normalized spacial score (nSPS) is 17.6. The first-order chi connectivity index (χ1) is 15.0. The fourth-order valence-corrected chi connectivity index (χ4v) is 4.84. The third kappa shape index (κ3) is 7.02. The monoisotopic (exact) mass is 441 g/mol. The Bertz CT molecular complexity index is 973. The Morgan fingerprint density at radius 2 is 1.84 bits per heavy atom. The summed E-state index contributed by atoms with van der Waals surface area (Å²) >= 11 is 0. The highest BCUT2D eigenvalue weighted by Gasteiger charge is 2.22. The molecule has 1 fully saturated rings. The maximum Gasteiger partial charge on any atom is 0.244 e. The van der Waals surface area contributed by atoms with Crippen LogP contribution >= 0.6 is 0 Å². The van der Waals surface area contributed by atoms with Crippen molar-refractivity contribution in [2.45, 2.75) is 43.7 Å². The topological polar surface area (TPSA) is 78.5 Å². The number of nitrogens with zero attached hydrogens (tertiary/aromatic N) is 1. The Hall–Kier alpha value is -2.48. The van der Waals surface area contributed by atoms with E-state index in [0.29, 0.717) is 19.1 Å². The number of carbonyl (C=O) groups excluding carboxylic acids is 1. The molecule has 2 N–H and O–H groups in total. The summed E-state index contributed by atoms with van der Waals surface area (Å²) in [6, 6.07) is 17.2. The third-order valence-electron chi connectivity index (χ3n) is 5.44. The summed E-state index contributed by atoms with van der Waals surface area (Å²) in [7, 11) is -3.47. The predicted molar refractivity (Wildman–Crippen MR) is 124 cm³/mol. The number of sulfonamides is 1. The highest BCUT2D eigenvalue weighted by Crippen LogP contribution is 2.19. The molecule has 3 rings (SSSR count). The van der Waals surface area contributed by atoms with Gasteiger partial charge >= 0.3 is 0 Å². The number of piperidine rings is 1. The summed E-state index contributed by atoms with van der Waals surface area (Å²) in [6.45, 7) is 4.65. The predicted octanol–water partition coefficient (Wildman–Crippen LogP) is 3.17. The smallest absolute Gasteiger partial charge is 0.244 e. The maximum atomic E-state index is 12.3. The summed E-state index contributed by atoms with van der Waals surface area (Å²) in [4.78, 5) is 15.0. The minimum atomic E-state index is -3.47. The van der Waals surface area contributed by atoms with Gasteiger partial charge in [0.25, 0.3) is 0 Å². The molecule has 1 saturated heterocycles. The summed E-state index contributed by atoms with van der Waals surface area (Å²) < 4.78 is 26.4. The van der Waals surface area contributed by atoms with Gasteiger partial charge in [0.15, 0.2) is 0 Å². The van der Waals surface area contributed by atoms with Crippen LogP contribution in [0.2, 0.25) is 0 Å². The standard InChI is InChI=1S/C24H31N3O3S/c1-2-26-31(29,30)23-14-11-20(12-15-23)13-16-24(28)25-18-22-10-6-7-17-27(22)19-21-8-4-3-5-9-21/h3-5,8-9,11-16,22,26H,2,6-7,10,17-19H2,1H3,(H,25,28)/b16-13+. The number of amides is 1. The van der Waals surface area contributed by atoms with Crippen molar-refractivity contribution < 1.29 is 13.2 Å². The Morgan fingerprint density at radius 3 is 2.55 bits per heavy atom. The SMILES string of the molecule is CCNS(=O)(=O)c1ccc(/C=C/C(=O)NCC2CCCCN2Cc2ccccc2)cc1. The number of carbonyl (C=O) groups is 1. The van der Waals surface area contributed by atoms with Crippen LogP contribution in [-0.2, 0) is 21.4 Å². The number of nitrogens with one attached hydrogen (secondary N) is 2. The highest BCUT2D eigenvalue weighted by molar-refractivity contribution is 7.89. The minimum Gasteiger partial charge on any atom is -0.351 e. The van der Waals surface area contributed by atoms with Crippen molar-refractivity contribution in [2.75, 3.05) is 19.6 Å². The molecule has 1 unspecified atom stereocenters. The molecule has 1 aliphatic heterocycles. The molecule has 1 amide bonds. The lowest BCUT2D eigenvalue weighted by molar-refractivity contribution is -0.116. The second kappa shape index (κ2) is 11.2. The number of hydrogen-bond donors (Lipinski definition) is 2. The first-order valence-electron chi connectivity index (χ1n) is 10.8. The van der Waals surface area contributed by atoms with E-state index in [1.807, 2.05) is 6.07 Å². The summed E-state index contributed by atoms with van der Waals surface area (Å²) in [6.07, 6.45) is 6.65. The second-order valence-corrected chi connectivity index (χ2v) is 9.52. The molecule has 7 heteroatoms. The Morgan fingerprint density at radius 1 is 1.10 bits per heavy atom. The maximum absolute atomic E-state index is 12.3. The lowest BCUT2D eigenvalue weighted by Gasteiger charge is -2.35. The van der Waals surface area contributed by atoms with Crippen molar-refractivity contribution in [3.63, 3.8) is 0 Å². The molecule has 6 nitrogen and oxygen atoms in total.